The molecule has 0 aromatic heterocycles. The van der Waals surface area contributed by atoms with Crippen LogP contribution >= 0.6 is 7.52 Å². The molecule has 4 nitrogen and oxygen atoms in total. The molecule has 2 aliphatic heterocycles. The Morgan fingerprint density at radius 1 is 0.957 bits per heavy atom. The Balaban J connectivity index is 2.01. The minimum absolute atomic E-state index is 0.0365. The molecule has 0 bridgehead atoms. The van der Waals surface area contributed by atoms with E-state index < -0.39 is 7.52 Å². The summed E-state index contributed by atoms with van der Waals surface area (Å²) in [7, 11) is -2.82. The van der Waals surface area contributed by atoms with Gasteiger partial charge in [0.25, 0.3) is 7.52 Å². The molecule has 2 aliphatic rings. The molecule has 2 heterocycles. The first kappa shape index (κ1) is 19.4. The van der Waals surface area contributed by atoms with Crippen molar-refractivity contribution in [3.05, 3.63) is 0 Å². The van der Waals surface area contributed by atoms with Crippen molar-refractivity contribution in [1.29, 1.82) is 0 Å². The summed E-state index contributed by atoms with van der Waals surface area (Å²) in [5.74, 6) is 0. The Kier molecular flexibility index (Phi) is 6.05. The summed E-state index contributed by atoms with van der Waals surface area (Å²) in [5, 5.41) is -0.335. The molecule has 0 aliphatic carbocycles. The van der Waals surface area contributed by atoms with Crippen LogP contribution in [-0.4, -0.2) is 53.6 Å². The Morgan fingerprint density at radius 2 is 1.48 bits per heavy atom. The molecule has 2 saturated heterocycles. The standard InChI is InChI=1S/C18H37N2O2P/c1-17(2,3)15-22-23(21,18(4,5)6)20-13-9-16(10-14-20)19-11-7-8-12-19/h16H,7-15H2,1-6H3. The van der Waals surface area contributed by atoms with Crippen molar-refractivity contribution in [2.24, 2.45) is 5.41 Å². The van der Waals surface area contributed by atoms with Gasteiger partial charge in [-0.2, -0.15) is 0 Å². The summed E-state index contributed by atoms with van der Waals surface area (Å²) >= 11 is 0. The number of hydrogen-bond acceptors (Lipinski definition) is 3. The van der Waals surface area contributed by atoms with Gasteiger partial charge in [0.15, 0.2) is 0 Å². The highest BCUT2D eigenvalue weighted by Gasteiger charge is 2.45. The lowest BCUT2D eigenvalue weighted by Gasteiger charge is -2.44. The highest BCUT2D eigenvalue weighted by atomic mass is 31.2. The maximum absolute atomic E-state index is 13.8. The molecule has 0 spiro atoms. The molecule has 1 atom stereocenters. The molecule has 0 saturated carbocycles. The van der Waals surface area contributed by atoms with Gasteiger partial charge in [0, 0.05) is 19.1 Å². The maximum Gasteiger partial charge on any atom is 0.277 e. The largest absolute Gasteiger partial charge is 0.316 e. The Bertz CT molecular complexity index is 425. The van der Waals surface area contributed by atoms with Crippen molar-refractivity contribution in [2.75, 3.05) is 32.8 Å². The SMILES string of the molecule is CC(C)(C)COP(=O)(N1CCC(N2CCCC2)CC1)C(C)(C)C. The number of likely N-dealkylation sites (tertiary alicyclic amines) is 1. The summed E-state index contributed by atoms with van der Waals surface area (Å²) < 4.78 is 22.1. The van der Waals surface area contributed by atoms with Crippen LogP contribution in [0.5, 0.6) is 0 Å². The minimum Gasteiger partial charge on any atom is -0.316 e. The Hall–Kier alpha value is 0.110. The van der Waals surface area contributed by atoms with E-state index in [1.165, 1.54) is 25.9 Å². The van der Waals surface area contributed by atoms with E-state index in [1.807, 2.05) is 0 Å². The third-order valence-electron chi connectivity index (χ3n) is 4.99. The molecule has 0 radical (unpaired) electrons. The summed E-state index contributed by atoms with van der Waals surface area (Å²) in [6, 6.07) is 0.685. The first-order valence-corrected chi connectivity index (χ1v) is 10.8. The van der Waals surface area contributed by atoms with Crippen LogP contribution in [-0.2, 0) is 9.09 Å². The first-order valence-electron chi connectivity index (χ1n) is 9.27. The highest BCUT2D eigenvalue weighted by molar-refractivity contribution is 7.58. The lowest BCUT2D eigenvalue weighted by atomic mass is 9.99. The van der Waals surface area contributed by atoms with E-state index in [-0.39, 0.29) is 10.6 Å². The second-order valence-electron chi connectivity index (χ2n) is 9.45. The zero-order valence-electron chi connectivity index (χ0n) is 16.1. The normalized spacial score (nSPS) is 25.7. The fraction of sp³-hybridized carbons (Fsp3) is 1.00. The van der Waals surface area contributed by atoms with Crippen LogP contribution < -0.4 is 0 Å². The molecule has 136 valence electrons. The number of nitrogens with zero attached hydrogens (tertiary/aromatic N) is 2. The first-order chi connectivity index (χ1) is 10.5. The van der Waals surface area contributed by atoms with Crippen molar-refractivity contribution in [3.63, 3.8) is 0 Å². The van der Waals surface area contributed by atoms with Gasteiger partial charge in [-0.1, -0.05) is 20.8 Å². The van der Waals surface area contributed by atoms with Gasteiger partial charge in [-0.05, 0) is 65.0 Å². The van der Waals surface area contributed by atoms with Crippen molar-refractivity contribution in [1.82, 2.24) is 9.57 Å². The van der Waals surface area contributed by atoms with Crippen LogP contribution in [0.2, 0.25) is 0 Å². The molecule has 0 amide bonds. The minimum atomic E-state index is -2.82. The van der Waals surface area contributed by atoms with Gasteiger partial charge >= 0.3 is 0 Å². The van der Waals surface area contributed by atoms with Gasteiger partial charge in [-0.25, -0.2) is 4.67 Å². The second-order valence-corrected chi connectivity index (χ2v) is 12.7. The smallest absolute Gasteiger partial charge is 0.277 e. The van der Waals surface area contributed by atoms with E-state index >= 15 is 0 Å². The number of hydrogen-bond donors (Lipinski definition) is 0. The molecule has 5 heteroatoms. The number of rotatable bonds is 4. The Labute approximate surface area is 143 Å². The van der Waals surface area contributed by atoms with E-state index in [4.69, 9.17) is 4.52 Å². The second kappa shape index (κ2) is 7.15. The maximum atomic E-state index is 13.8. The zero-order valence-corrected chi connectivity index (χ0v) is 17.0. The van der Waals surface area contributed by atoms with Crippen LogP contribution in [0, 0.1) is 5.41 Å². The average molecular weight is 344 g/mol. The van der Waals surface area contributed by atoms with E-state index in [9.17, 15) is 4.57 Å². The van der Waals surface area contributed by atoms with Crippen LogP contribution in [0.4, 0.5) is 0 Å². The summed E-state index contributed by atoms with van der Waals surface area (Å²) in [6.07, 6.45) is 4.93. The summed E-state index contributed by atoms with van der Waals surface area (Å²) in [5.41, 5.74) is 0.0365. The number of piperidine rings is 1. The highest BCUT2D eigenvalue weighted by Crippen LogP contribution is 2.62. The molecule has 2 rings (SSSR count). The molecule has 0 aromatic rings. The lowest BCUT2D eigenvalue weighted by molar-refractivity contribution is 0.133. The lowest BCUT2D eigenvalue weighted by Crippen LogP contribution is -2.45. The average Bonchev–Trinajstić information content (AvgIpc) is 2.97. The van der Waals surface area contributed by atoms with E-state index in [2.05, 4.69) is 51.1 Å². The molecule has 0 N–H and O–H groups in total. The third kappa shape index (κ3) is 4.81. The quantitative estimate of drug-likeness (QED) is 0.698. The molecule has 1 unspecified atom stereocenters. The topological polar surface area (TPSA) is 32.8 Å². The van der Waals surface area contributed by atoms with Crippen molar-refractivity contribution >= 4 is 7.52 Å². The van der Waals surface area contributed by atoms with E-state index in [0.29, 0.717) is 12.6 Å². The summed E-state index contributed by atoms with van der Waals surface area (Å²) in [4.78, 5) is 2.63. The molecular weight excluding hydrogens is 307 g/mol. The predicted molar refractivity (Wildman–Crippen MR) is 98.2 cm³/mol. The van der Waals surface area contributed by atoms with Crippen molar-refractivity contribution in [3.8, 4) is 0 Å². The van der Waals surface area contributed by atoms with Crippen LogP contribution in [0.15, 0.2) is 0 Å². The van der Waals surface area contributed by atoms with E-state index in [1.54, 1.807) is 0 Å². The Morgan fingerprint density at radius 3 is 1.91 bits per heavy atom. The van der Waals surface area contributed by atoms with Crippen LogP contribution in [0.3, 0.4) is 0 Å². The van der Waals surface area contributed by atoms with Gasteiger partial charge in [0.2, 0.25) is 0 Å². The summed E-state index contributed by atoms with van der Waals surface area (Å²) in [6.45, 7) is 17.4. The van der Waals surface area contributed by atoms with Gasteiger partial charge in [0.05, 0.1) is 11.8 Å². The molecule has 23 heavy (non-hydrogen) atoms. The van der Waals surface area contributed by atoms with Crippen LogP contribution in [0.25, 0.3) is 0 Å². The van der Waals surface area contributed by atoms with Crippen molar-refractivity contribution in [2.45, 2.75) is 78.4 Å². The zero-order chi connectivity index (χ0) is 17.3. The predicted octanol–water partition coefficient (Wildman–Crippen LogP) is 4.60. The fourth-order valence-electron chi connectivity index (χ4n) is 3.57. The third-order valence-corrected chi connectivity index (χ3v) is 8.31. The molecular formula is C18H37N2O2P. The molecule has 2 fully saturated rings. The van der Waals surface area contributed by atoms with Gasteiger partial charge in [-0.3, -0.25) is 4.57 Å². The molecule has 0 aromatic carbocycles. The van der Waals surface area contributed by atoms with Crippen LogP contribution in [0.1, 0.15) is 67.2 Å². The van der Waals surface area contributed by atoms with E-state index in [0.717, 1.165) is 25.9 Å². The van der Waals surface area contributed by atoms with Gasteiger partial charge in [-0.15, -0.1) is 0 Å². The fourth-order valence-corrected chi connectivity index (χ4v) is 6.29. The van der Waals surface area contributed by atoms with Gasteiger partial charge in [0.1, 0.15) is 0 Å². The van der Waals surface area contributed by atoms with Crippen molar-refractivity contribution < 1.29 is 9.09 Å². The monoisotopic (exact) mass is 344 g/mol. The van der Waals surface area contributed by atoms with Gasteiger partial charge < -0.3 is 9.42 Å².